The number of pyridine rings is 1. The van der Waals surface area contributed by atoms with Gasteiger partial charge in [-0.1, -0.05) is 24.1 Å². The van der Waals surface area contributed by atoms with Gasteiger partial charge in [-0.3, -0.25) is 19.9 Å². The molecule has 3 amide bonds. The number of aromatic nitrogens is 3. The van der Waals surface area contributed by atoms with E-state index in [9.17, 15) is 14.4 Å². The van der Waals surface area contributed by atoms with Crippen LogP contribution in [0.15, 0.2) is 91.4 Å². The lowest BCUT2D eigenvalue weighted by atomic mass is 10.1. The number of carbonyl (C=O) groups excluding carboxylic acids is 3. The Morgan fingerprint density at radius 1 is 0.778 bits per heavy atom. The number of benzene rings is 3. The van der Waals surface area contributed by atoms with E-state index >= 15 is 0 Å². The third-order valence-corrected chi connectivity index (χ3v) is 6.26. The Kier molecular flexibility index (Phi) is 8.67. The molecule has 2 heterocycles. The zero-order chi connectivity index (χ0) is 32.0. The number of nitrogens with zero attached hydrogens (tertiary/aromatic N) is 3. The first-order valence-electron chi connectivity index (χ1n) is 13.8. The number of nitrogens with one attached hydrogen (secondary N) is 4. The maximum Gasteiger partial charge on any atom is 0.412 e. The third-order valence-electron chi connectivity index (χ3n) is 6.26. The number of fused-ring (bicyclic) bond motifs is 1. The highest BCUT2D eigenvalue weighted by Gasteiger charge is 2.18. The minimum absolute atomic E-state index is 0.0776. The second-order valence-corrected chi connectivity index (χ2v) is 10.8. The molecule has 0 fully saturated rings. The summed E-state index contributed by atoms with van der Waals surface area (Å²) in [4.78, 5) is 51.0. The van der Waals surface area contributed by atoms with Gasteiger partial charge in [0.15, 0.2) is 0 Å². The van der Waals surface area contributed by atoms with Crippen molar-refractivity contribution in [2.45, 2.75) is 26.4 Å². The summed E-state index contributed by atoms with van der Waals surface area (Å²) in [6.45, 7) is 5.26. The van der Waals surface area contributed by atoms with E-state index in [1.54, 1.807) is 63.2 Å². The van der Waals surface area contributed by atoms with Crippen molar-refractivity contribution in [2.75, 3.05) is 21.3 Å². The number of terminal acetylenes is 1. The Labute approximate surface area is 259 Å². The van der Waals surface area contributed by atoms with E-state index in [0.29, 0.717) is 28.4 Å². The summed E-state index contributed by atoms with van der Waals surface area (Å²) >= 11 is 0. The average molecular weight is 600 g/mol. The van der Waals surface area contributed by atoms with E-state index < -0.39 is 23.5 Å². The van der Waals surface area contributed by atoms with Crippen LogP contribution in [0.2, 0.25) is 0 Å². The Bertz CT molecular complexity index is 1940. The molecule has 3 aromatic carbocycles. The molecule has 0 saturated carbocycles. The molecule has 0 saturated heterocycles. The molecule has 0 aliphatic rings. The summed E-state index contributed by atoms with van der Waals surface area (Å²) < 4.78 is 5.29. The van der Waals surface area contributed by atoms with Gasteiger partial charge in [-0.05, 0) is 81.4 Å². The zero-order valence-electron chi connectivity index (χ0n) is 24.7. The smallest absolute Gasteiger partial charge is 0.412 e. The molecule has 45 heavy (non-hydrogen) atoms. The van der Waals surface area contributed by atoms with Gasteiger partial charge >= 0.3 is 6.09 Å². The van der Waals surface area contributed by atoms with Crippen molar-refractivity contribution in [1.82, 2.24) is 15.0 Å². The van der Waals surface area contributed by atoms with E-state index in [0.717, 1.165) is 16.6 Å². The molecule has 5 rings (SSSR count). The molecule has 11 heteroatoms. The minimum Gasteiger partial charge on any atom is -0.444 e. The summed E-state index contributed by atoms with van der Waals surface area (Å²) in [5, 5.41) is 12.2. The Balaban J connectivity index is 1.24. The van der Waals surface area contributed by atoms with Gasteiger partial charge in [-0.15, -0.1) is 6.42 Å². The third kappa shape index (κ3) is 7.77. The van der Waals surface area contributed by atoms with E-state index in [-0.39, 0.29) is 11.3 Å². The fourth-order valence-corrected chi connectivity index (χ4v) is 4.22. The van der Waals surface area contributed by atoms with Gasteiger partial charge in [-0.25, -0.2) is 14.8 Å². The quantitative estimate of drug-likeness (QED) is 0.153. The molecular formula is C34H29N7O4. The van der Waals surface area contributed by atoms with E-state index in [1.807, 2.05) is 24.3 Å². The average Bonchev–Trinajstić information content (AvgIpc) is 3.01. The standard InChI is InChI=1S/C34H29N7O4/c1-5-21-9-8-10-23(17-21)38-30-25-15-14-24(18-29(25)36-20-37-30)39-31(42)22-13-16-28(35-19-22)32(43)40-26-11-6-7-12-27(26)41-33(44)45-34(2,3)4/h1,6-20H,2-4H3,(H,39,42)(H,40,43)(H,41,44)(H,36,37,38). The van der Waals surface area contributed by atoms with Crippen LogP contribution >= 0.6 is 0 Å². The fourth-order valence-electron chi connectivity index (χ4n) is 4.22. The van der Waals surface area contributed by atoms with Crippen LogP contribution in [0.3, 0.4) is 0 Å². The van der Waals surface area contributed by atoms with Gasteiger partial charge in [0.25, 0.3) is 11.8 Å². The number of hydrogen-bond acceptors (Lipinski definition) is 8. The second kappa shape index (κ2) is 12.9. The van der Waals surface area contributed by atoms with Crippen molar-refractivity contribution >= 4 is 57.4 Å². The molecule has 0 atom stereocenters. The van der Waals surface area contributed by atoms with Crippen molar-refractivity contribution in [3.05, 3.63) is 108 Å². The molecule has 224 valence electrons. The van der Waals surface area contributed by atoms with Crippen molar-refractivity contribution < 1.29 is 19.1 Å². The predicted molar refractivity (Wildman–Crippen MR) is 174 cm³/mol. The number of hydrogen-bond donors (Lipinski definition) is 4. The van der Waals surface area contributed by atoms with Gasteiger partial charge in [0.05, 0.1) is 22.5 Å². The molecular weight excluding hydrogens is 570 g/mol. The summed E-state index contributed by atoms with van der Waals surface area (Å²) in [6, 6.07) is 22.3. The topological polar surface area (TPSA) is 147 Å². The molecule has 0 aliphatic heterocycles. The Morgan fingerprint density at radius 3 is 2.27 bits per heavy atom. The van der Waals surface area contributed by atoms with E-state index in [4.69, 9.17) is 11.2 Å². The molecule has 2 aromatic heterocycles. The van der Waals surface area contributed by atoms with Gasteiger partial charge in [0.1, 0.15) is 23.4 Å². The highest BCUT2D eigenvalue weighted by atomic mass is 16.6. The van der Waals surface area contributed by atoms with Gasteiger partial charge in [0.2, 0.25) is 0 Å². The maximum atomic E-state index is 13.0. The van der Waals surface area contributed by atoms with Crippen LogP contribution < -0.4 is 21.3 Å². The van der Waals surface area contributed by atoms with Crippen molar-refractivity contribution in [1.29, 1.82) is 0 Å². The number of amides is 3. The molecule has 0 radical (unpaired) electrons. The summed E-state index contributed by atoms with van der Waals surface area (Å²) in [7, 11) is 0. The van der Waals surface area contributed by atoms with Crippen LogP contribution in [0.25, 0.3) is 10.9 Å². The Hall–Kier alpha value is -6.28. The van der Waals surface area contributed by atoms with Gasteiger partial charge in [0, 0.05) is 28.5 Å². The number of para-hydroxylation sites is 2. The first-order chi connectivity index (χ1) is 21.6. The van der Waals surface area contributed by atoms with Crippen molar-refractivity contribution in [3.63, 3.8) is 0 Å². The molecule has 0 unspecified atom stereocenters. The number of carbonyl (C=O) groups is 3. The molecule has 5 aromatic rings. The number of rotatable bonds is 7. The molecule has 11 nitrogen and oxygen atoms in total. The van der Waals surface area contributed by atoms with Crippen LogP contribution in [-0.2, 0) is 4.74 Å². The van der Waals surface area contributed by atoms with Crippen LogP contribution in [0.4, 0.5) is 33.4 Å². The van der Waals surface area contributed by atoms with Crippen LogP contribution in [-0.4, -0.2) is 38.5 Å². The highest BCUT2D eigenvalue weighted by Crippen LogP contribution is 2.26. The van der Waals surface area contributed by atoms with Crippen molar-refractivity contribution in [2.24, 2.45) is 0 Å². The van der Waals surface area contributed by atoms with Crippen LogP contribution in [0, 0.1) is 12.3 Å². The monoisotopic (exact) mass is 599 g/mol. The van der Waals surface area contributed by atoms with Gasteiger partial charge < -0.3 is 20.7 Å². The number of anilines is 5. The number of ether oxygens (including phenoxy) is 1. The fraction of sp³-hybridized carbons (Fsp3) is 0.118. The van der Waals surface area contributed by atoms with Crippen LogP contribution in [0.5, 0.6) is 0 Å². The van der Waals surface area contributed by atoms with Gasteiger partial charge in [-0.2, -0.15) is 0 Å². The lowest BCUT2D eigenvalue weighted by Crippen LogP contribution is -2.27. The minimum atomic E-state index is -0.680. The molecule has 4 N–H and O–H groups in total. The lowest BCUT2D eigenvalue weighted by Gasteiger charge is -2.20. The summed E-state index contributed by atoms with van der Waals surface area (Å²) in [5.74, 6) is 2.26. The SMILES string of the molecule is C#Cc1cccc(Nc2ncnc3cc(NC(=O)c4ccc(C(=O)Nc5ccccc5NC(=O)OC(C)(C)C)nc4)ccc23)c1. The summed E-state index contributed by atoms with van der Waals surface area (Å²) in [6.07, 6.45) is 7.60. The first-order valence-corrected chi connectivity index (χ1v) is 13.8. The molecule has 0 aliphatic carbocycles. The predicted octanol–water partition coefficient (Wildman–Crippen LogP) is 6.60. The second-order valence-electron chi connectivity index (χ2n) is 10.8. The molecule has 0 spiro atoms. The zero-order valence-corrected chi connectivity index (χ0v) is 24.7. The van der Waals surface area contributed by atoms with E-state index in [2.05, 4.69) is 42.1 Å². The largest absolute Gasteiger partial charge is 0.444 e. The highest BCUT2D eigenvalue weighted by molar-refractivity contribution is 6.08. The maximum absolute atomic E-state index is 13.0. The van der Waals surface area contributed by atoms with Crippen molar-refractivity contribution in [3.8, 4) is 12.3 Å². The normalized spacial score (nSPS) is 10.8. The van der Waals surface area contributed by atoms with Crippen LogP contribution in [0.1, 0.15) is 47.2 Å². The first kappa shape index (κ1) is 30.2. The summed E-state index contributed by atoms with van der Waals surface area (Å²) in [5.41, 5.74) is 3.02. The lowest BCUT2D eigenvalue weighted by molar-refractivity contribution is 0.0635. The molecule has 0 bridgehead atoms. The Morgan fingerprint density at radius 2 is 1.56 bits per heavy atom. The van der Waals surface area contributed by atoms with E-state index in [1.165, 1.54) is 24.7 Å².